The third kappa shape index (κ3) is 4.32. The van der Waals surface area contributed by atoms with Gasteiger partial charge in [-0.2, -0.15) is 0 Å². The molecule has 2 aliphatic rings. The summed E-state index contributed by atoms with van der Waals surface area (Å²) >= 11 is 0. The molecule has 3 aromatic carbocycles. The maximum atomic E-state index is 13.7. The minimum absolute atomic E-state index is 0.00918. The van der Waals surface area contributed by atoms with Crippen LogP contribution >= 0.6 is 0 Å². The fourth-order valence-electron chi connectivity index (χ4n) is 4.58. The standard InChI is InChI=1S/C27H26FNO3/c28-23-8-6-20(7-9-23)26-25-11-10-24(32-18-19-4-2-1-3-5-19)16-22(25)17-29(30)27(26)21-12-14-31-15-13-21/h1-11,16,21,29H,12-15,17-18H2/i29D. The first-order chi connectivity index (χ1) is 16.0. The van der Waals surface area contributed by atoms with Crippen molar-refractivity contribution >= 4 is 5.57 Å². The lowest BCUT2D eigenvalue weighted by atomic mass is 9.83. The van der Waals surface area contributed by atoms with E-state index in [1.807, 2.05) is 48.5 Å². The fourth-order valence-corrected chi connectivity index (χ4v) is 4.58. The number of hydrogen-bond acceptors (Lipinski definition) is 3. The number of hydroxylamine groups is 2. The number of ether oxygens (including phenoxy) is 2. The predicted octanol–water partition coefficient (Wildman–Crippen LogP) is 4.49. The van der Waals surface area contributed by atoms with Gasteiger partial charge in [-0.3, -0.25) is 0 Å². The van der Waals surface area contributed by atoms with Crippen molar-refractivity contribution in [1.29, 1.82) is 0 Å². The van der Waals surface area contributed by atoms with Crippen LogP contribution in [0, 0.1) is 16.9 Å². The van der Waals surface area contributed by atoms with E-state index >= 15 is 0 Å². The number of fused-ring (bicyclic) bond motifs is 1. The van der Waals surface area contributed by atoms with Crippen LogP contribution in [0.2, 0.25) is 1.41 Å². The Kier molecular flexibility index (Phi) is 5.69. The maximum Gasteiger partial charge on any atom is 0.354 e. The van der Waals surface area contributed by atoms with E-state index in [9.17, 15) is 9.60 Å². The van der Waals surface area contributed by atoms with Crippen LogP contribution in [0.15, 0.2) is 78.5 Å². The van der Waals surface area contributed by atoms with Gasteiger partial charge in [-0.25, -0.2) is 4.39 Å². The summed E-state index contributed by atoms with van der Waals surface area (Å²) in [6, 6.07) is 21.8. The lowest BCUT2D eigenvalue weighted by Crippen LogP contribution is -3.05. The summed E-state index contributed by atoms with van der Waals surface area (Å²) in [6.45, 7) is 1.58. The van der Waals surface area contributed by atoms with Crippen LogP contribution in [0.1, 0.15) is 35.1 Å². The van der Waals surface area contributed by atoms with Gasteiger partial charge in [0.25, 0.3) is 0 Å². The molecule has 3 aromatic rings. The Morgan fingerprint density at radius 2 is 1.78 bits per heavy atom. The van der Waals surface area contributed by atoms with E-state index in [-0.39, 0.29) is 18.3 Å². The lowest BCUT2D eigenvalue weighted by Gasteiger charge is -2.38. The average molecular weight is 433 g/mol. The van der Waals surface area contributed by atoms with Crippen molar-refractivity contribution in [3.05, 3.63) is 112 Å². The van der Waals surface area contributed by atoms with Crippen LogP contribution in [0.3, 0.4) is 0 Å². The topological polar surface area (TPSA) is 46.0 Å². The van der Waals surface area contributed by atoms with Crippen molar-refractivity contribution in [2.45, 2.75) is 26.0 Å². The zero-order valence-corrected chi connectivity index (χ0v) is 17.8. The second kappa shape index (κ2) is 9.25. The normalized spacial score (nSPS) is 21.8. The van der Waals surface area contributed by atoms with Crippen molar-refractivity contribution in [2.75, 3.05) is 13.2 Å². The van der Waals surface area contributed by atoms with Gasteiger partial charge in [-0.15, -0.1) is 0 Å². The molecule has 0 saturated carbocycles. The van der Waals surface area contributed by atoms with Crippen LogP contribution in [-0.2, 0) is 17.9 Å². The number of benzene rings is 3. The molecule has 1 unspecified atom stereocenters. The van der Waals surface area contributed by atoms with Gasteiger partial charge in [-0.1, -0.05) is 42.5 Å². The molecule has 1 saturated heterocycles. The summed E-state index contributed by atoms with van der Waals surface area (Å²) < 4.78 is 33.9. The molecule has 0 aliphatic carbocycles. The average Bonchev–Trinajstić information content (AvgIpc) is 2.83. The van der Waals surface area contributed by atoms with E-state index in [4.69, 9.17) is 10.9 Å². The lowest BCUT2D eigenvalue weighted by molar-refractivity contribution is -0.826. The minimum Gasteiger partial charge on any atom is -0.629 e. The van der Waals surface area contributed by atoms with Crippen molar-refractivity contribution in [1.82, 2.24) is 0 Å². The third-order valence-electron chi connectivity index (χ3n) is 6.17. The van der Waals surface area contributed by atoms with E-state index in [0.717, 1.165) is 27.8 Å². The van der Waals surface area contributed by atoms with Crippen LogP contribution in [-0.4, -0.2) is 13.2 Å². The van der Waals surface area contributed by atoms with E-state index in [1.165, 1.54) is 12.1 Å². The Bertz CT molecular complexity index is 1160. The summed E-state index contributed by atoms with van der Waals surface area (Å²) in [5.74, 6) is 0.281. The Balaban J connectivity index is 1.57. The van der Waals surface area contributed by atoms with E-state index < -0.39 is 5.06 Å². The SMILES string of the molecule is [2H][N+]1([O-])Cc2cc(OCc3ccccc3)ccc2C(c2ccc(F)cc2)=C1C1CCOCC1. The second-order valence-electron chi connectivity index (χ2n) is 8.28. The second-order valence-corrected chi connectivity index (χ2v) is 8.28. The minimum atomic E-state index is -1.22. The molecule has 32 heavy (non-hydrogen) atoms. The number of rotatable bonds is 5. The highest BCUT2D eigenvalue weighted by atomic mass is 19.1. The molecule has 0 aromatic heterocycles. The van der Waals surface area contributed by atoms with Crippen molar-refractivity contribution in [3.8, 4) is 5.75 Å². The summed E-state index contributed by atoms with van der Waals surface area (Å²) in [5.41, 5.74) is 4.76. The van der Waals surface area contributed by atoms with Crippen molar-refractivity contribution in [3.63, 3.8) is 0 Å². The molecule has 5 heteroatoms. The zero-order valence-electron chi connectivity index (χ0n) is 18.8. The predicted molar refractivity (Wildman–Crippen MR) is 121 cm³/mol. The Hall–Kier alpha value is -2.99. The number of allylic oxidation sites excluding steroid dienone is 1. The fraction of sp³-hybridized carbons (Fsp3) is 0.259. The molecule has 0 bridgehead atoms. The molecule has 2 heterocycles. The molecule has 0 amide bonds. The number of hydrogen-bond donors (Lipinski definition) is 1. The molecule has 0 spiro atoms. The smallest absolute Gasteiger partial charge is 0.354 e. The molecular formula is C27H26FNO3. The summed E-state index contributed by atoms with van der Waals surface area (Å²) in [6.07, 6.45) is 1.41. The Labute approximate surface area is 188 Å². The van der Waals surface area contributed by atoms with Crippen molar-refractivity contribution < 1.29 is 20.3 Å². The summed E-state index contributed by atoms with van der Waals surface area (Å²) in [5, 5.41) is 12.4. The van der Waals surface area contributed by atoms with Crippen LogP contribution in [0.5, 0.6) is 5.75 Å². The molecule has 1 atom stereocenters. The first-order valence-electron chi connectivity index (χ1n) is 11.5. The van der Waals surface area contributed by atoms with Gasteiger partial charge in [0.15, 0.2) is 0 Å². The number of quaternary nitrogens is 1. The largest absolute Gasteiger partial charge is 0.629 e. The van der Waals surface area contributed by atoms with Gasteiger partial charge >= 0.3 is 1.41 Å². The molecule has 164 valence electrons. The first-order valence-corrected chi connectivity index (χ1v) is 11.0. The highest BCUT2D eigenvalue weighted by Gasteiger charge is 2.33. The quantitative estimate of drug-likeness (QED) is 0.605. The summed E-state index contributed by atoms with van der Waals surface area (Å²) in [7, 11) is 0. The Morgan fingerprint density at radius 3 is 2.53 bits per heavy atom. The molecule has 1 fully saturated rings. The molecule has 5 rings (SSSR count). The Morgan fingerprint density at radius 1 is 1.03 bits per heavy atom. The number of nitrogens with one attached hydrogen (secondary N) is 1. The van der Waals surface area contributed by atoms with Crippen LogP contribution in [0.4, 0.5) is 4.39 Å². The van der Waals surface area contributed by atoms with Gasteiger partial charge in [0, 0.05) is 30.3 Å². The van der Waals surface area contributed by atoms with Gasteiger partial charge in [0.1, 0.15) is 30.4 Å². The highest BCUT2D eigenvalue weighted by Crippen LogP contribution is 2.37. The van der Waals surface area contributed by atoms with Crippen molar-refractivity contribution in [2.24, 2.45) is 5.92 Å². The maximum absolute atomic E-state index is 13.7. The summed E-state index contributed by atoms with van der Waals surface area (Å²) in [4.78, 5) is 0. The first kappa shape index (κ1) is 19.7. The number of halogens is 1. The van der Waals surface area contributed by atoms with Crippen LogP contribution < -0.4 is 9.79 Å². The van der Waals surface area contributed by atoms with Gasteiger partial charge in [-0.05, 0) is 59.9 Å². The zero-order chi connectivity index (χ0) is 22.8. The monoisotopic (exact) mass is 432 g/mol. The van der Waals surface area contributed by atoms with E-state index in [0.29, 0.717) is 44.1 Å². The van der Waals surface area contributed by atoms with E-state index in [2.05, 4.69) is 0 Å². The van der Waals surface area contributed by atoms with Gasteiger partial charge in [0.05, 0.1) is 0 Å². The molecule has 4 nitrogen and oxygen atoms in total. The molecular weight excluding hydrogens is 405 g/mol. The van der Waals surface area contributed by atoms with Crippen LogP contribution in [0.25, 0.3) is 5.57 Å². The molecule has 0 radical (unpaired) electrons. The molecule has 1 N–H and O–H groups in total. The van der Waals surface area contributed by atoms with Gasteiger partial charge < -0.3 is 19.7 Å². The molecule has 2 aliphatic heterocycles. The van der Waals surface area contributed by atoms with Gasteiger partial charge in [0.2, 0.25) is 0 Å². The van der Waals surface area contributed by atoms with E-state index in [1.54, 1.807) is 12.1 Å². The third-order valence-corrected chi connectivity index (χ3v) is 6.17. The highest BCUT2D eigenvalue weighted by molar-refractivity contribution is 5.84.